The molecule has 0 radical (unpaired) electrons. The first-order chi connectivity index (χ1) is 9.70. The van der Waals surface area contributed by atoms with E-state index < -0.39 is 0 Å². The van der Waals surface area contributed by atoms with Crippen molar-refractivity contribution in [1.29, 1.82) is 5.26 Å². The van der Waals surface area contributed by atoms with Crippen LogP contribution >= 0.6 is 11.6 Å². The van der Waals surface area contributed by atoms with Crippen molar-refractivity contribution in [2.45, 2.75) is 13.0 Å². The average Bonchev–Trinajstić information content (AvgIpc) is 2.48. The van der Waals surface area contributed by atoms with Gasteiger partial charge in [-0.2, -0.15) is 5.26 Å². The first-order valence-electron chi connectivity index (χ1n) is 6.17. The number of nitrogens with zero attached hydrogens (tertiary/aromatic N) is 2. The number of halogens is 1. The number of rotatable bonds is 5. The molecule has 5 heteroatoms. The molecule has 0 amide bonds. The largest absolute Gasteiger partial charge is 0.479 e. The molecule has 0 aliphatic rings. The SMILES string of the molecule is CC(Nc1cccnc1Cl)c1ccc(OCC#N)cc1. The molecule has 1 N–H and O–H groups in total. The second-order valence-electron chi connectivity index (χ2n) is 4.22. The van der Waals surface area contributed by atoms with Gasteiger partial charge in [-0.15, -0.1) is 0 Å². The highest BCUT2D eigenvalue weighted by molar-refractivity contribution is 6.31. The lowest BCUT2D eigenvalue weighted by molar-refractivity contribution is 0.368. The maximum Gasteiger partial charge on any atom is 0.174 e. The summed E-state index contributed by atoms with van der Waals surface area (Å²) in [6.45, 7) is 2.09. The van der Waals surface area contributed by atoms with Crippen LogP contribution in [0, 0.1) is 11.3 Å². The lowest BCUT2D eigenvalue weighted by Crippen LogP contribution is -2.07. The molecule has 2 rings (SSSR count). The van der Waals surface area contributed by atoms with E-state index in [0.717, 1.165) is 11.3 Å². The van der Waals surface area contributed by atoms with Crippen LogP contribution in [0.15, 0.2) is 42.6 Å². The molecule has 1 aromatic heterocycles. The Hall–Kier alpha value is -2.25. The van der Waals surface area contributed by atoms with Crippen LogP contribution in [0.4, 0.5) is 5.69 Å². The number of hydrogen-bond acceptors (Lipinski definition) is 4. The highest BCUT2D eigenvalue weighted by Gasteiger charge is 2.08. The van der Waals surface area contributed by atoms with E-state index in [1.54, 1.807) is 6.20 Å². The Bertz CT molecular complexity index is 607. The molecule has 0 fully saturated rings. The molecule has 0 spiro atoms. The summed E-state index contributed by atoms with van der Waals surface area (Å²) < 4.78 is 5.21. The minimum Gasteiger partial charge on any atom is -0.479 e. The van der Waals surface area contributed by atoms with Gasteiger partial charge < -0.3 is 10.1 Å². The standard InChI is InChI=1S/C15H14ClN3O/c1-11(19-14-3-2-9-18-15(14)16)12-4-6-13(7-5-12)20-10-8-17/h2-7,9,11,19H,10H2,1H3. The molecular weight excluding hydrogens is 274 g/mol. The minimum atomic E-state index is 0.0540. The number of pyridine rings is 1. The van der Waals surface area contributed by atoms with E-state index in [2.05, 4.69) is 10.3 Å². The highest BCUT2D eigenvalue weighted by atomic mass is 35.5. The maximum absolute atomic E-state index is 8.46. The van der Waals surface area contributed by atoms with Crippen LogP contribution in [0.5, 0.6) is 5.75 Å². The molecule has 1 heterocycles. The van der Waals surface area contributed by atoms with Gasteiger partial charge in [0.25, 0.3) is 0 Å². The molecule has 1 unspecified atom stereocenters. The molecule has 2 aromatic rings. The van der Waals surface area contributed by atoms with Crippen molar-refractivity contribution < 1.29 is 4.74 Å². The average molecular weight is 288 g/mol. The predicted molar refractivity (Wildman–Crippen MR) is 78.8 cm³/mol. The number of anilines is 1. The van der Waals surface area contributed by atoms with Crippen LogP contribution in [0.1, 0.15) is 18.5 Å². The Labute approximate surface area is 123 Å². The first-order valence-corrected chi connectivity index (χ1v) is 6.55. The summed E-state index contributed by atoms with van der Waals surface area (Å²) in [6.07, 6.45) is 1.65. The third-order valence-corrected chi connectivity index (χ3v) is 3.12. The quantitative estimate of drug-likeness (QED) is 0.850. The third kappa shape index (κ3) is 3.62. The Kier molecular flexibility index (Phi) is 4.80. The summed E-state index contributed by atoms with van der Waals surface area (Å²) in [7, 11) is 0. The topological polar surface area (TPSA) is 57.9 Å². The molecule has 0 aliphatic heterocycles. The van der Waals surface area contributed by atoms with Crippen molar-refractivity contribution in [2.24, 2.45) is 0 Å². The van der Waals surface area contributed by atoms with Gasteiger partial charge in [-0.25, -0.2) is 4.98 Å². The van der Waals surface area contributed by atoms with E-state index in [-0.39, 0.29) is 12.6 Å². The van der Waals surface area contributed by atoms with E-state index >= 15 is 0 Å². The Morgan fingerprint density at radius 2 is 2.10 bits per heavy atom. The fourth-order valence-corrected chi connectivity index (χ4v) is 1.95. The van der Waals surface area contributed by atoms with Gasteiger partial charge in [0, 0.05) is 12.2 Å². The monoisotopic (exact) mass is 287 g/mol. The molecule has 1 atom stereocenters. The summed E-state index contributed by atoms with van der Waals surface area (Å²) >= 11 is 6.01. The van der Waals surface area contributed by atoms with Gasteiger partial charge in [-0.1, -0.05) is 23.7 Å². The lowest BCUT2D eigenvalue weighted by Gasteiger charge is -2.16. The third-order valence-electron chi connectivity index (χ3n) is 2.81. The number of benzene rings is 1. The second-order valence-corrected chi connectivity index (χ2v) is 4.58. The Morgan fingerprint density at radius 1 is 1.35 bits per heavy atom. The summed E-state index contributed by atoms with van der Waals surface area (Å²) in [5, 5.41) is 12.2. The van der Waals surface area contributed by atoms with Gasteiger partial charge in [-0.3, -0.25) is 0 Å². The number of nitriles is 1. The minimum absolute atomic E-state index is 0.0540. The summed E-state index contributed by atoms with van der Waals surface area (Å²) in [5.74, 6) is 0.682. The van der Waals surface area contributed by atoms with Crippen LogP contribution < -0.4 is 10.1 Å². The summed E-state index contributed by atoms with van der Waals surface area (Å²) in [4.78, 5) is 4.03. The van der Waals surface area contributed by atoms with Crippen LogP contribution in [-0.4, -0.2) is 11.6 Å². The zero-order valence-corrected chi connectivity index (χ0v) is 11.8. The van der Waals surface area contributed by atoms with Crippen LogP contribution in [0.25, 0.3) is 0 Å². The molecule has 0 saturated carbocycles. The van der Waals surface area contributed by atoms with Crippen LogP contribution in [0.2, 0.25) is 5.15 Å². The van der Waals surface area contributed by atoms with Crippen LogP contribution in [0.3, 0.4) is 0 Å². The Morgan fingerprint density at radius 3 is 2.75 bits per heavy atom. The molecule has 0 saturated heterocycles. The van der Waals surface area contributed by atoms with E-state index in [9.17, 15) is 0 Å². The van der Waals surface area contributed by atoms with Gasteiger partial charge in [-0.05, 0) is 36.8 Å². The number of nitrogens with one attached hydrogen (secondary N) is 1. The van der Waals surface area contributed by atoms with Crippen molar-refractivity contribution in [1.82, 2.24) is 4.98 Å². The molecule has 102 valence electrons. The molecule has 20 heavy (non-hydrogen) atoms. The molecule has 0 bridgehead atoms. The van der Waals surface area contributed by atoms with E-state index in [1.165, 1.54) is 0 Å². The van der Waals surface area contributed by atoms with Gasteiger partial charge in [0.05, 0.1) is 5.69 Å². The first kappa shape index (κ1) is 14.2. The maximum atomic E-state index is 8.46. The Balaban J connectivity index is 2.04. The number of hydrogen-bond donors (Lipinski definition) is 1. The van der Waals surface area contributed by atoms with Crippen molar-refractivity contribution >= 4 is 17.3 Å². The van der Waals surface area contributed by atoms with E-state index in [0.29, 0.717) is 10.9 Å². The van der Waals surface area contributed by atoms with Crippen LogP contribution in [-0.2, 0) is 0 Å². The lowest BCUT2D eigenvalue weighted by atomic mass is 10.1. The zero-order chi connectivity index (χ0) is 14.4. The van der Waals surface area contributed by atoms with Gasteiger partial charge in [0.1, 0.15) is 11.8 Å². The van der Waals surface area contributed by atoms with Gasteiger partial charge in [0.15, 0.2) is 11.8 Å². The van der Waals surface area contributed by atoms with Gasteiger partial charge >= 0.3 is 0 Å². The normalized spacial score (nSPS) is 11.4. The molecule has 4 nitrogen and oxygen atoms in total. The molecule has 0 aliphatic carbocycles. The predicted octanol–water partition coefficient (Wildman–Crippen LogP) is 3.81. The van der Waals surface area contributed by atoms with Crippen molar-refractivity contribution in [3.63, 3.8) is 0 Å². The van der Waals surface area contributed by atoms with Crippen molar-refractivity contribution in [3.05, 3.63) is 53.3 Å². The number of ether oxygens (including phenoxy) is 1. The molecule has 1 aromatic carbocycles. The summed E-state index contributed by atoms with van der Waals surface area (Å²) in [5.41, 5.74) is 1.89. The smallest absolute Gasteiger partial charge is 0.174 e. The zero-order valence-electron chi connectivity index (χ0n) is 11.0. The van der Waals surface area contributed by atoms with Crippen molar-refractivity contribution in [2.75, 3.05) is 11.9 Å². The summed E-state index contributed by atoms with van der Waals surface area (Å²) in [6, 6.07) is 13.3. The molecular formula is C15H14ClN3O. The van der Waals surface area contributed by atoms with Crippen molar-refractivity contribution in [3.8, 4) is 11.8 Å². The fraction of sp³-hybridized carbons (Fsp3) is 0.200. The number of aromatic nitrogens is 1. The van der Waals surface area contributed by atoms with E-state index in [4.69, 9.17) is 21.6 Å². The fourth-order valence-electron chi connectivity index (χ4n) is 1.78. The second kappa shape index (κ2) is 6.78. The highest BCUT2D eigenvalue weighted by Crippen LogP contribution is 2.25. The van der Waals surface area contributed by atoms with Gasteiger partial charge in [0.2, 0.25) is 0 Å². The van der Waals surface area contributed by atoms with E-state index in [1.807, 2.05) is 49.4 Å².